The molecule has 11 heteroatoms. The highest BCUT2D eigenvalue weighted by Gasteiger charge is 2.22. The van der Waals surface area contributed by atoms with Gasteiger partial charge in [0.1, 0.15) is 11.1 Å². The Balaban J connectivity index is 0.00000289. The lowest BCUT2D eigenvalue weighted by atomic mass is 10.2. The molecular weight excluding hydrogens is 437 g/mol. The molecule has 0 bridgehead atoms. The van der Waals surface area contributed by atoms with E-state index in [2.05, 4.69) is 37.1 Å². The maximum absolute atomic E-state index is 14.3. The third-order valence-electron chi connectivity index (χ3n) is 5.30. The minimum atomic E-state index is -0.503. The van der Waals surface area contributed by atoms with Gasteiger partial charge in [-0.15, -0.1) is 12.4 Å². The van der Waals surface area contributed by atoms with Crippen molar-refractivity contribution in [3.8, 4) is 5.88 Å². The molecule has 1 saturated heterocycles. The van der Waals surface area contributed by atoms with Crippen molar-refractivity contribution in [3.05, 3.63) is 35.9 Å². The van der Waals surface area contributed by atoms with Gasteiger partial charge in [0, 0.05) is 56.7 Å². The van der Waals surface area contributed by atoms with Crippen LogP contribution in [-0.2, 0) is 7.05 Å². The summed E-state index contributed by atoms with van der Waals surface area (Å²) in [7, 11) is 1.72. The predicted molar refractivity (Wildman–Crippen MR) is 123 cm³/mol. The molecule has 0 aliphatic carbocycles. The SMILES string of the molecule is CCOc1nc(N2CCN(CC)CC2)ncc1C(=O)Nc1cc(F)c2nn(C)cc2c1.Cl. The minimum absolute atomic E-state index is 0. The molecule has 9 nitrogen and oxygen atoms in total. The number of likely N-dealkylation sites (N-methyl/N-ethyl adjacent to an activating group) is 1. The number of piperazine rings is 1. The number of halogens is 2. The first-order valence-electron chi connectivity index (χ1n) is 10.4. The molecule has 3 heterocycles. The summed E-state index contributed by atoms with van der Waals surface area (Å²) in [6.45, 7) is 8.85. The van der Waals surface area contributed by atoms with Gasteiger partial charge in [0.05, 0.1) is 6.61 Å². The van der Waals surface area contributed by atoms with E-state index < -0.39 is 11.7 Å². The number of ether oxygens (including phenoxy) is 1. The Kier molecular flexibility index (Phi) is 7.47. The monoisotopic (exact) mass is 463 g/mol. The fourth-order valence-corrected chi connectivity index (χ4v) is 3.66. The van der Waals surface area contributed by atoms with Crippen molar-refractivity contribution < 1.29 is 13.9 Å². The maximum Gasteiger partial charge on any atom is 0.262 e. The van der Waals surface area contributed by atoms with E-state index in [1.807, 2.05) is 6.92 Å². The van der Waals surface area contributed by atoms with Crippen molar-refractivity contribution in [1.29, 1.82) is 0 Å². The van der Waals surface area contributed by atoms with Gasteiger partial charge < -0.3 is 19.9 Å². The van der Waals surface area contributed by atoms with Crippen LogP contribution in [-0.4, -0.2) is 69.9 Å². The van der Waals surface area contributed by atoms with Gasteiger partial charge in [-0.1, -0.05) is 6.92 Å². The van der Waals surface area contributed by atoms with Gasteiger partial charge in [0.2, 0.25) is 11.8 Å². The Morgan fingerprint density at radius 2 is 1.97 bits per heavy atom. The molecule has 32 heavy (non-hydrogen) atoms. The number of hydrogen-bond acceptors (Lipinski definition) is 7. The molecule has 0 spiro atoms. The normalized spacial score (nSPS) is 14.3. The number of benzene rings is 1. The smallest absolute Gasteiger partial charge is 0.262 e. The van der Waals surface area contributed by atoms with Crippen LogP contribution in [0.25, 0.3) is 10.9 Å². The maximum atomic E-state index is 14.3. The van der Waals surface area contributed by atoms with E-state index in [0.717, 1.165) is 32.7 Å². The summed E-state index contributed by atoms with van der Waals surface area (Å²) in [4.78, 5) is 26.2. The number of rotatable bonds is 6. The number of anilines is 2. The van der Waals surface area contributed by atoms with Crippen molar-refractivity contribution in [2.45, 2.75) is 13.8 Å². The molecule has 0 saturated carbocycles. The zero-order valence-electron chi connectivity index (χ0n) is 18.3. The molecule has 1 fully saturated rings. The summed E-state index contributed by atoms with van der Waals surface area (Å²) in [5.41, 5.74) is 0.779. The van der Waals surface area contributed by atoms with Crippen molar-refractivity contribution in [1.82, 2.24) is 24.6 Å². The van der Waals surface area contributed by atoms with Crippen LogP contribution in [0, 0.1) is 5.82 Å². The zero-order chi connectivity index (χ0) is 22.0. The number of carbonyl (C=O) groups is 1. The molecule has 0 unspecified atom stereocenters. The lowest BCUT2D eigenvalue weighted by molar-refractivity contribution is 0.102. The number of aryl methyl sites for hydroxylation is 1. The highest BCUT2D eigenvalue weighted by atomic mass is 35.5. The number of hydrogen-bond donors (Lipinski definition) is 1. The summed E-state index contributed by atoms with van der Waals surface area (Å²) in [5, 5.41) is 7.39. The van der Waals surface area contributed by atoms with E-state index in [9.17, 15) is 9.18 Å². The van der Waals surface area contributed by atoms with Crippen LogP contribution in [0.2, 0.25) is 0 Å². The first kappa shape index (κ1) is 23.7. The summed E-state index contributed by atoms with van der Waals surface area (Å²) in [5.74, 6) is -0.214. The van der Waals surface area contributed by atoms with Crippen LogP contribution >= 0.6 is 12.4 Å². The Bertz CT molecular complexity index is 1100. The summed E-state index contributed by atoms with van der Waals surface area (Å²) < 4.78 is 21.5. The van der Waals surface area contributed by atoms with Gasteiger partial charge >= 0.3 is 0 Å². The van der Waals surface area contributed by atoms with Gasteiger partial charge in [0.25, 0.3) is 5.91 Å². The summed E-state index contributed by atoms with van der Waals surface area (Å²) in [6, 6.07) is 2.92. The molecular formula is C21H27ClFN7O2. The third kappa shape index (κ3) is 4.91. The van der Waals surface area contributed by atoms with E-state index >= 15 is 0 Å². The molecule has 0 atom stereocenters. The molecule has 1 aliphatic rings. The van der Waals surface area contributed by atoms with E-state index in [1.165, 1.54) is 16.9 Å². The standard InChI is InChI=1S/C21H26FN7O2.ClH/c1-4-28-6-8-29(9-7-28)21-23-12-16(20(25-21)31-5-2)19(30)24-15-10-14-13-27(3)26-18(14)17(22)11-15;/h10-13H,4-9H2,1-3H3,(H,24,30);1H. The van der Waals surface area contributed by atoms with Gasteiger partial charge in [0.15, 0.2) is 5.82 Å². The lowest BCUT2D eigenvalue weighted by Gasteiger charge is -2.34. The average molecular weight is 464 g/mol. The zero-order valence-corrected chi connectivity index (χ0v) is 19.2. The van der Waals surface area contributed by atoms with Crippen LogP contribution in [0.15, 0.2) is 24.5 Å². The lowest BCUT2D eigenvalue weighted by Crippen LogP contribution is -2.46. The predicted octanol–water partition coefficient (Wildman–Crippen LogP) is 2.72. The molecule has 1 aromatic carbocycles. The first-order chi connectivity index (χ1) is 15.0. The number of aromatic nitrogens is 4. The second kappa shape index (κ2) is 10.1. The first-order valence-corrected chi connectivity index (χ1v) is 10.4. The van der Waals surface area contributed by atoms with Gasteiger partial charge in [-0.2, -0.15) is 10.1 Å². The number of carbonyl (C=O) groups excluding carboxylic acids is 1. The number of nitrogens with one attached hydrogen (secondary N) is 1. The topological polar surface area (TPSA) is 88.4 Å². The van der Waals surface area contributed by atoms with Crippen LogP contribution in [0.3, 0.4) is 0 Å². The molecule has 172 valence electrons. The van der Waals surface area contributed by atoms with Crippen LogP contribution in [0.5, 0.6) is 5.88 Å². The molecule has 1 aliphatic heterocycles. The fraction of sp³-hybridized carbons (Fsp3) is 0.429. The van der Waals surface area contributed by atoms with E-state index in [4.69, 9.17) is 4.74 Å². The van der Waals surface area contributed by atoms with Crippen molar-refractivity contribution >= 4 is 40.9 Å². The fourth-order valence-electron chi connectivity index (χ4n) is 3.66. The molecule has 0 radical (unpaired) electrons. The van der Waals surface area contributed by atoms with Crippen LogP contribution in [0.4, 0.5) is 16.0 Å². The summed E-state index contributed by atoms with van der Waals surface area (Å²) >= 11 is 0. The Hall–Kier alpha value is -2.98. The van der Waals surface area contributed by atoms with E-state index in [0.29, 0.717) is 23.6 Å². The van der Waals surface area contributed by atoms with Crippen LogP contribution < -0.4 is 15.0 Å². The minimum Gasteiger partial charge on any atom is -0.477 e. The van der Waals surface area contributed by atoms with Crippen molar-refractivity contribution in [2.24, 2.45) is 7.05 Å². The quantitative estimate of drug-likeness (QED) is 0.601. The van der Waals surface area contributed by atoms with Gasteiger partial charge in [-0.25, -0.2) is 9.37 Å². The molecule has 2 aromatic heterocycles. The molecule has 3 aromatic rings. The highest BCUT2D eigenvalue weighted by molar-refractivity contribution is 6.06. The number of amides is 1. The Labute approximate surface area is 192 Å². The molecule has 1 N–H and O–H groups in total. The molecule has 1 amide bonds. The second-order valence-corrected chi connectivity index (χ2v) is 7.40. The van der Waals surface area contributed by atoms with E-state index in [-0.39, 0.29) is 29.4 Å². The number of nitrogens with zero attached hydrogens (tertiary/aromatic N) is 6. The summed E-state index contributed by atoms with van der Waals surface area (Å²) in [6.07, 6.45) is 3.16. The Morgan fingerprint density at radius 3 is 2.66 bits per heavy atom. The van der Waals surface area contributed by atoms with Gasteiger partial charge in [-0.3, -0.25) is 9.48 Å². The molecule has 4 rings (SSSR count). The highest BCUT2D eigenvalue weighted by Crippen LogP contribution is 2.24. The van der Waals surface area contributed by atoms with Crippen LogP contribution in [0.1, 0.15) is 24.2 Å². The van der Waals surface area contributed by atoms with Crippen molar-refractivity contribution in [3.63, 3.8) is 0 Å². The van der Waals surface area contributed by atoms with Crippen molar-refractivity contribution in [2.75, 3.05) is 49.5 Å². The largest absolute Gasteiger partial charge is 0.477 e. The average Bonchev–Trinajstić information content (AvgIpc) is 3.14. The third-order valence-corrected chi connectivity index (χ3v) is 5.30. The van der Waals surface area contributed by atoms with Gasteiger partial charge in [-0.05, 0) is 25.6 Å². The Morgan fingerprint density at radius 1 is 1.22 bits per heavy atom. The number of fused-ring (bicyclic) bond motifs is 1. The van der Waals surface area contributed by atoms with E-state index in [1.54, 1.807) is 19.3 Å². The second-order valence-electron chi connectivity index (χ2n) is 7.40.